The number of aryl methyl sites for hydroxylation is 1. The molecule has 0 fully saturated rings. The Morgan fingerprint density at radius 3 is 2.82 bits per heavy atom. The molecule has 2 aromatic heterocycles. The monoisotopic (exact) mass is 379 g/mol. The SMILES string of the molecule is COc1cccc([C@H]2CNC(=O)c3nc(Cn4nc(C)c(C)c4C)[nH]c3C2)c1. The Morgan fingerprint density at radius 2 is 2.11 bits per heavy atom. The second-order valence-electron chi connectivity index (χ2n) is 7.35. The number of amides is 1. The second kappa shape index (κ2) is 7.14. The summed E-state index contributed by atoms with van der Waals surface area (Å²) < 4.78 is 7.27. The molecule has 0 bridgehead atoms. The summed E-state index contributed by atoms with van der Waals surface area (Å²) >= 11 is 0. The van der Waals surface area contributed by atoms with Gasteiger partial charge < -0.3 is 15.0 Å². The standard InChI is InChI=1S/C21H25N5O2/c1-12-13(2)25-26(14(12)3)11-19-23-18-9-16(10-22-21(27)20(18)24-19)15-6-5-7-17(8-15)28-4/h5-8,16H,9-11H2,1-4H3,(H,22,27)(H,23,24)/t16-/m1/s1. The smallest absolute Gasteiger partial charge is 0.271 e. The van der Waals surface area contributed by atoms with E-state index in [0.717, 1.165) is 34.2 Å². The number of carbonyl (C=O) groups is 1. The Balaban J connectivity index is 1.62. The fraction of sp³-hybridized carbons (Fsp3) is 0.381. The van der Waals surface area contributed by atoms with Crippen molar-refractivity contribution < 1.29 is 9.53 Å². The van der Waals surface area contributed by atoms with E-state index in [1.165, 1.54) is 5.56 Å². The Kier molecular flexibility index (Phi) is 4.66. The van der Waals surface area contributed by atoms with Crippen LogP contribution in [-0.4, -0.2) is 39.3 Å². The van der Waals surface area contributed by atoms with E-state index in [1.807, 2.05) is 29.8 Å². The van der Waals surface area contributed by atoms with Crippen molar-refractivity contribution in [3.05, 3.63) is 64.0 Å². The number of methoxy groups -OCH3 is 1. The minimum absolute atomic E-state index is 0.132. The molecule has 0 spiro atoms. The number of imidazole rings is 1. The molecule has 1 amide bonds. The minimum Gasteiger partial charge on any atom is -0.497 e. The molecule has 7 nitrogen and oxygen atoms in total. The van der Waals surface area contributed by atoms with E-state index >= 15 is 0 Å². The molecule has 146 valence electrons. The topological polar surface area (TPSA) is 84.8 Å². The maximum Gasteiger partial charge on any atom is 0.271 e. The Morgan fingerprint density at radius 1 is 1.29 bits per heavy atom. The predicted octanol–water partition coefficient (Wildman–Crippen LogP) is 2.66. The number of fused-ring (bicyclic) bond motifs is 1. The lowest BCUT2D eigenvalue weighted by atomic mass is 9.94. The van der Waals surface area contributed by atoms with E-state index in [-0.39, 0.29) is 11.8 Å². The van der Waals surface area contributed by atoms with Crippen LogP contribution in [0.25, 0.3) is 0 Å². The van der Waals surface area contributed by atoms with E-state index in [2.05, 4.69) is 40.3 Å². The van der Waals surface area contributed by atoms with Crippen LogP contribution in [0.5, 0.6) is 5.75 Å². The molecule has 3 aromatic rings. The van der Waals surface area contributed by atoms with E-state index in [1.54, 1.807) is 7.11 Å². The fourth-order valence-electron chi connectivity index (χ4n) is 3.71. The summed E-state index contributed by atoms with van der Waals surface area (Å²) in [6, 6.07) is 8.00. The van der Waals surface area contributed by atoms with Crippen molar-refractivity contribution in [2.45, 2.75) is 39.7 Å². The lowest BCUT2D eigenvalue weighted by Gasteiger charge is -2.15. The molecule has 1 aliphatic heterocycles. The number of H-pyrrole nitrogens is 1. The molecule has 0 aliphatic carbocycles. The molecule has 0 saturated carbocycles. The highest BCUT2D eigenvalue weighted by molar-refractivity contribution is 5.94. The first-order chi connectivity index (χ1) is 13.5. The summed E-state index contributed by atoms with van der Waals surface area (Å²) in [6.45, 7) is 7.21. The van der Waals surface area contributed by atoms with Gasteiger partial charge in [-0.3, -0.25) is 9.48 Å². The highest BCUT2D eigenvalue weighted by Gasteiger charge is 2.26. The van der Waals surface area contributed by atoms with Gasteiger partial charge in [0.05, 0.1) is 19.3 Å². The Hall–Kier alpha value is -3.09. The molecule has 1 aromatic carbocycles. The zero-order chi connectivity index (χ0) is 19.8. The van der Waals surface area contributed by atoms with Crippen LogP contribution in [0, 0.1) is 20.8 Å². The quantitative estimate of drug-likeness (QED) is 0.730. The summed E-state index contributed by atoms with van der Waals surface area (Å²) in [6.07, 6.45) is 0.713. The number of nitrogens with zero attached hydrogens (tertiary/aromatic N) is 3. The maximum atomic E-state index is 12.6. The zero-order valence-corrected chi connectivity index (χ0v) is 16.7. The van der Waals surface area contributed by atoms with E-state index in [0.29, 0.717) is 25.2 Å². The van der Waals surface area contributed by atoms with Crippen molar-refractivity contribution in [2.75, 3.05) is 13.7 Å². The molecule has 7 heteroatoms. The third kappa shape index (κ3) is 3.28. The average molecular weight is 379 g/mol. The number of aromatic amines is 1. The van der Waals surface area contributed by atoms with Crippen LogP contribution in [0.2, 0.25) is 0 Å². The summed E-state index contributed by atoms with van der Waals surface area (Å²) in [5.41, 5.74) is 5.81. The number of carbonyl (C=O) groups excluding carboxylic acids is 1. The first-order valence-corrected chi connectivity index (χ1v) is 9.46. The van der Waals surface area contributed by atoms with Crippen LogP contribution in [0.15, 0.2) is 24.3 Å². The summed E-state index contributed by atoms with van der Waals surface area (Å²) in [5.74, 6) is 1.59. The van der Waals surface area contributed by atoms with Gasteiger partial charge in [-0.25, -0.2) is 4.98 Å². The van der Waals surface area contributed by atoms with Crippen LogP contribution in [-0.2, 0) is 13.0 Å². The molecule has 0 radical (unpaired) electrons. The molecular weight excluding hydrogens is 354 g/mol. The van der Waals surface area contributed by atoms with Gasteiger partial charge in [-0.2, -0.15) is 5.10 Å². The number of benzene rings is 1. The van der Waals surface area contributed by atoms with Gasteiger partial charge in [-0.1, -0.05) is 12.1 Å². The van der Waals surface area contributed by atoms with Crippen LogP contribution >= 0.6 is 0 Å². The van der Waals surface area contributed by atoms with Gasteiger partial charge in [0, 0.05) is 23.9 Å². The third-order valence-corrected chi connectivity index (χ3v) is 5.61. The van der Waals surface area contributed by atoms with Crippen LogP contribution in [0.1, 0.15) is 50.4 Å². The lowest BCUT2D eigenvalue weighted by molar-refractivity contribution is 0.0950. The van der Waals surface area contributed by atoms with Crippen molar-refractivity contribution in [3.8, 4) is 5.75 Å². The van der Waals surface area contributed by atoms with Crippen LogP contribution in [0.4, 0.5) is 0 Å². The van der Waals surface area contributed by atoms with E-state index in [4.69, 9.17) is 4.74 Å². The fourth-order valence-corrected chi connectivity index (χ4v) is 3.71. The highest BCUT2D eigenvalue weighted by atomic mass is 16.5. The predicted molar refractivity (Wildman–Crippen MR) is 106 cm³/mol. The Labute approximate surface area is 164 Å². The lowest BCUT2D eigenvalue weighted by Crippen LogP contribution is -2.26. The van der Waals surface area contributed by atoms with Crippen molar-refractivity contribution in [1.29, 1.82) is 0 Å². The number of hydrogen-bond donors (Lipinski definition) is 2. The number of ether oxygens (including phenoxy) is 1. The van der Waals surface area contributed by atoms with Crippen LogP contribution in [0.3, 0.4) is 0 Å². The molecule has 0 saturated heterocycles. The van der Waals surface area contributed by atoms with Crippen molar-refractivity contribution in [2.24, 2.45) is 0 Å². The first kappa shape index (κ1) is 18.3. The van der Waals surface area contributed by atoms with Gasteiger partial charge in [0.1, 0.15) is 17.3 Å². The van der Waals surface area contributed by atoms with Crippen LogP contribution < -0.4 is 10.1 Å². The molecule has 3 heterocycles. The normalized spacial score (nSPS) is 16.4. The largest absolute Gasteiger partial charge is 0.497 e. The number of rotatable bonds is 4. The van der Waals surface area contributed by atoms with Gasteiger partial charge in [0.2, 0.25) is 0 Å². The van der Waals surface area contributed by atoms with Crippen molar-refractivity contribution in [3.63, 3.8) is 0 Å². The second-order valence-corrected chi connectivity index (χ2v) is 7.35. The van der Waals surface area contributed by atoms with E-state index in [9.17, 15) is 4.79 Å². The third-order valence-electron chi connectivity index (χ3n) is 5.61. The number of nitrogens with one attached hydrogen (secondary N) is 2. The van der Waals surface area contributed by atoms with Gasteiger partial charge in [0.15, 0.2) is 0 Å². The summed E-state index contributed by atoms with van der Waals surface area (Å²) in [7, 11) is 1.66. The molecule has 4 rings (SSSR count). The average Bonchev–Trinajstić information content (AvgIpc) is 3.15. The summed E-state index contributed by atoms with van der Waals surface area (Å²) in [5, 5.41) is 7.58. The van der Waals surface area contributed by atoms with Gasteiger partial charge >= 0.3 is 0 Å². The Bertz CT molecular complexity index is 1030. The molecule has 2 N–H and O–H groups in total. The molecule has 1 atom stereocenters. The van der Waals surface area contributed by atoms with Gasteiger partial charge in [-0.15, -0.1) is 0 Å². The maximum absolute atomic E-state index is 12.6. The van der Waals surface area contributed by atoms with Crippen molar-refractivity contribution in [1.82, 2.24) is 25.1 Å². The van der Waals surface area contributed by atoms with Crippen molar-refractivity contribution >= 4 is 5.91 Å². The molecule has 0 unspecified atom stereocenters. The summed E-state index contributed by atoms with van der Waals surface area (Å²) in [4.78, 5) is 20.5. The first-order valence-electron chi connectivity index (χ1n) is 9.46. The van der Waals surface area contributed by atoms with Gasteiger partial charge in [-0.05, 0) is 50.5 Å². The minimum atomic E-state index is -0.132. The molecular formula is C21H25N5O2. The zero-order valence-electron chi connectivity index (χ0n) is 16.7. The number of aromatic nitrogens is 4. The highest BCUT2D eigenvalue weighted by Crippen LogP contribution is 2.27. The van der Waals surface area contributed by atoms with E-state index < -0.39 is 0 Å². The van der Waals surface area contributed by atoms with Gasteiger partial charge in [0.25, 0.3) is 5.91 Å². The molecule has 28 heavy (non-hydrogen) atoms. The number of hydrogen-bond acceptors (Lipinski definition) is 4. The molecule has 1 aliphatic rings.